The monoisotopic (exact) mass is 229 g/mol. The molecule has 0 unspecified atom stereocenters. The molecule has 0 aliphatic heterocycles. The van der Waals surface area contributed by atoms with Crippen LogP contribution < -0.4 is 5.32 Å². The third kappa shape index (κ3) is 3.43. The second-order valence-electron chi connectivity index (χ2n) is 4.31. The van der Waals surface area contributed by atoms with Crippen molar-refractivity contribution >= 4 is 0 Å². The summed E-state index contributed by atoms with van der Waals surface area (Å²) in [5.41, 5.74) is 3.63. The highest BCUT2D eigenvalue weighted by Crippen LogP contribution is 2.01. The van der Waals surface area contributed by atoms with E-state index in [2.05, 4.69) is 47.7 Å². The number of aromatic nitrogens is 2. The highest BCUT2D eigenvalue weighted by Gasteiger charge is 1.99. The molecular formula is C14H19N3. The summed E-state index contributed by atoms with van der Waals surface area (Å²) >= 11 is 0. The van der Waals surface area contributed by atoms with Gasteiger partial charge in [0, 0.05) is 18.8 Å². The molecule has 1 aromatic carbocycles. The van der Waals surface area contributed by atoms with Crippen molar-refractivity contribution in [3.05, 3.63) is 53.3 Å². The molecule has 90 valence electrons. The van der Waals surface area contributed by atoms with E-state index in [0.717, 1.165) is 25.3 Å². The summed E-state index contributed by atoms with van der Waals surface area (Å²) in [5, 5.41) is 7.86. The molecule has 0 saturated heterocycles. The van der Waals surface area contributed by atoms with Gasteiger partial charge in [0.1, 0.15) is 0 Å². The molecule has 3 heteroatoms. The highest BCUT2D eigenvalue weighted by molar-refractivity contribution is 5.14. The average Bonchev–Trinajstić information content (AvgIpc) is 2.65. The number of benzene rings is 1. The Labute approximate surface area is 102 Å². The molecular weight excluding hydrogens is 210 g/mol. The number of hydrogen-bond acceptors (Lipinski definition) is 2. The lowest BCUT2D eigenvalue weighted by atomic mass is 10.2. The summed E-state index contributed by atoms with van der Waals surface area (Å²) in [5.74, 6) is 0. The maximum atomic E-state index is 4.43. The lowest BCUT2D eigenvalue weighted by molar-refractivity contribution is 0.542. The van der Waals surface area contributed by atoms with Crippen molar-refractivity contribution < 1.29 is 0 Å². The molecule has 1 heterocycles. The van der Waals surface area contributed by atoms with E-state index in [4.69, 9.17) is 0 Å². The topological polar surface area (TPSA) is 29.9 Å². The van der Waals surface area contributed by atoms with Gasteiger partial charge in [-0.2, -0.15) is 5.10 Å². The summed E-state index contributed by atoms with van der Waals surface area (Å²) in [7, 11) is 0. The molecule has 1 N–H and O–H groups in total. The molecule has 0 radical (unpaired) electrons. The number of hydrogen-bond donors (Lipinski definition) is 1. The summed E-state index contributed by atoms with van der Waals surface area (Å²) in [6, 6.07) is 12.6. The van der Waals surface area contributed by atoms with E-state index in [1.165, 1.54) is 11.3 Å². The van der Waals surface area contributed by atoms with Gasteiger partial charge in [-0.05, 0) is 25.5 Å². The minimum absolute atomic E-state index is 0.917. The minimum Gasteiger partial charge on any atom is -0.311 e. The van der Waals surface area contributed by atoms with Gasteiger partial charge in [-0.15, -0.1) is 0 Å². The van der Waals surface area contributed by atoms with E-state index in [-0.39, 0.29) is 0 Å². The van der Waals surface area contributed by atoms with Crippen molar-refractivity contribution in [3.8, 4) is 0 Å². The molecule has 17 heavy (non-hydrogen) atoms. The number of nitrogens with zero attached hydrogens (tertiary/aromatic N) is 2. The summed E-state index contributed by atoms with van der Waals surface area (Å²) in [6.07, 6.45) is 0. The second kappa shape index (κ2) is 5.64. The first-order valence-corrected chi connectivity index (χ1v) is 6.01. The first-order valence-electron chi connectivity index (χ1n) is 6.01. The summed E-state index contributed by atoms with van der Waals surface area (Å²) in [6.45, 7) is 6.90. The van der Waals surface area contributed by atoms with Crippen LogP contribution in [-0.2, 0) is 13.1 Å². The average molecular weight is 229 g/mol. The van der Waals surface area contributed by atoms with Crippen molar-refractivity contribution in [1.82, 2.24) is 15.1 Å². The van der Waals surface area contributed by atoms with Crippen LogP contribution in [0.1, 0.15) is 17.0 Å². The lowest BCUT2D eigenvalue weighted by Crippen LogP contribution is -2.20. The molecule has 0 spiro atoms. The number of aryl methyl sites for hydroxylation is 2. The molecule has 1 aromatic heterocycles. The van der Waals surface area contributed by atoms with E-state index in [1.54, 1.807) is 0 Å². The van der Waals surface area contributed by atoms with Gasteiger partial charge in [0.2, 0.25) is 0 Å². The Bertz CT molecular complexity index is 460. The highest BCUT2D eigenvalue weighted by atomic mass is 15.3. The van der Waals surface area contributed by atoms with Crippen molar-refractivity contribution in [2.45, 2.75) is 26.9 Å². The number of rotatable bonds is 5. The first-order chi connectivity index (χ1) is 8.25. The molecule has 2 aromatic rings. The van der Waals surface area contributed by atoms with Crippen LogP contribution in [0.3, 0.4) is 0 Å². The minimum atomic E-state index is 0.917. The van der Waals surface area contributed by atoms with Crippen LogP contribution >= 0.6 is 0 Å². The standard InChI is InChI=1S/C14H19N3/c1-12-10-13(2)17(16-12)9-8-15-11-14-6-4-3-5-7-14/h3-7,10,15H,8-9,11H2,1-2H3. The molecule has 0 aliphatic rings. The normalized spacial score (nSPS) is 10.7. The lowest BCUT2D eigenvalue weighted by Gasteiger charge is -2.06. The van der Waals surface area contributed by atoms with Crippen molar-refractivity contribution in [2.24, 2.45) is 0 Å². The van der Waals surface area contributed by atoms with Crippen LogP contribution in [0.5, 0.6) is 0 Å². The van der Waals surface area contributed by atoms with Crippen LogP contribution in [0.25, 0.3) is 0 Å². The fourth-order valence-corrected chi connectivity index (χ4v) is 1.91. The second-order valence-corrected chi connectivity index (χ2v) is 4.31. The van der Waals surface area contributed by atoms with Gasteiger partial charge in [0.25, 0.3) is 0 Å². The van der Waals surface area contributed by atoms with Crippen LogP contribution in [0.4, 0.5) is 0 Å². The van der Waals surface area contributed by atoms with E-state index >= 15 is 0 Å². The Kier molecular flexibility index (Phi) is 3.94. The molecule has 0 atom stereocenters. The van der Waals surface area contributed by atoms with Gasteiger partial charge in [-0.3, -0.25) is 4.68 Å². The predicted octanol–water partition coefficient (Wildman–Crippen LogP) is 2.29. The summed E-state index contributed by atoms with van der Waals surface area (Å²) in [4.78, 5) is 0. The molecule has 2 rings (SSSR count). The van der Waals surface area contributed by atoms with Crippen molar-refractivity contribution in [3.63, 3.8) is 0 Å². The molecule has 3 nitrogen and oxygen atoms in total. The third-order valence-electron chi connectivity index (χ3n) is 2.78. The Hall–Kier alpha value is -1.61. The fourth-order valence-electron chi connectivity index (χ4n) is 1.91. The smallest absolute Gasteiger partial charge is 0.0596 e. The maximum Gasteiger partial charge on any atom is 0.0596 e. The molecule has 0 bridgehead atoms. The van der Waals surface area contributed by atoms with Gasteiger partial charge in [0.15, 0.2) is 0 Å². The van der Waals surface area contributed by atoms with Gasteiger partial charge in [-0.1, -0.05) is 30.3 Å². The van der Waals surface area contributed by atoms with E-state index in [9.17, 15) is 0 Å². The van der Waals surface area contributed by atoms with Crippen molar-refractivity contribution in [1.29, 1.82) is 0 Å². The van der Waals surface area contributed by atoms with Crippen LogP contribution in [0.2, 0.25) is 0 Å². The zero-order valence-electron chi connectivity index (χ0n) is 10.5. The van der Waals surface area contributed by atoms with E-state index < -0.39 is 0 Å². The van der Waals surface area contributed by atoms with Crippen LogP contribution in [0, 0.1) is 13.8 Å². The first kappa shape index (κ1) is 11.9. The Morgan fingerprint density at radius 1 is 1.18 bits per heavy atom. The summed E-state index contributed by atoms with van der Waals surface area (Å²) < 4.78 is 2.05. The zero-order chi connectivity index (χ0) is 12.1. The largest absolute Gasteiger partial charge is 0.311 e. The maximum absolute atomic E-state index is 4.43. The Balaban J connectivity index is 1.75. The Morgan fingerprint density at radius 2 is 1.94 bits per heavy atom. The zero-order valence-corrected chi connectivity index (χ0v) is 10.5. The molecule has 0 saturated carbocycles. The van der Waals surface area contributed by atoms with Crippen LogP contribution in [-0.4, -0.2) is 16.3 Å². The molecule has 0 aliphatic carbocycles. The predicted molar refractivity (Wildman–Crippen MR) is 69.8 cm³/mol. The van der Waals surface area contributed by atoms with Gasteiger partial charge < -0.3 is 5.32 Å². The fraction of sp³-hybridized carbons (Fsp3) is 0.357. The van der Waals surface area contributed by atoms with Crippen molar-refractivity contribution in [2.75, 3.05) is 6.54 Å². The third-order valence-corrected chi connectivity index (χ3v) is 2.78. The number of nitrogens with one attached hydrogen (secondary N) is 1. The van der Waals surface area contributed by atoms with Gasteiger partial charge >= 0.3 is 0 Å². The van der Waals surface area contributed by atoms with E-state index in [1.807, 2.05) is 17.7 Å². The SMILES string of the molecule is Cc1cc(C)n(CCNCc2ccccc2)n1. The Morgan fingerprint density at radius 3 is 2.59 bits per heavy atom. The van der Waals surface area contributed by atoms with E-state index in [0.29, 0.717) is 0 Å². The van der Waals surface area contributed by atoms with Gasteiger partial charge in [-0.25, -0.2) is 0 Å². The van der Waals surface area contributed by atoms with Crippen LogP contribution in [0.15, 0.2) is 36.4 Å². The molecule has 0 amide bonds. The molecule has 0 fully saturated rings. The van der Waals surface area contributed by atoms with Gasteiger partial charge in [0.05, 0.1) is 12.2 Å². The quantitative estimate of drug-likeness (QED) is 0.797.